The highest BCUT2D eigenvalue weighted by Gasteiger charge is 2.34. The van der Waals surface area contributed by atoms with E-state index in [4.69, 9.17) is 0 Å². The Morgan fingerprint density at radius 1 is 1.22 bits per heavy atom. The molecule has 0 atom stereocenters. The molecule has 23 heavy (non-hydrogen) atoms. The molecule has 3 rings (SSSR count). The molecule has 1 aliphatic carbocycles. The molecule has 5 nitrogen and oxygen atoms in total. The Bertz CT molecular complexity index is 619. The van der Waals surface area contributed by atoms with Crippen LogP contribution in [-0.4, -0.2) is 38.3 Å². The molecule has 1 heterocycles. The second-order valence-electron chi connectivity index (χ2n) is 6.43. The van der Waals surface area contributed by atoms with E-state index in [1.807, 2.05) is 36.4 Å². The topological polar surface area (TPSA) is 69.2 Å². The van der Waals surface area contributed by atoms with Crippen LogP contribution in [0, 0.1) is 0 Å². The normalized spacial score (nSPS) is 16.4. The van der Waals surface area contributed by atoms with Crippen molar-refractivity contribution in [3.05, 3.63) is 53.9 Å². The fourth-order valence-corrected chi connectivity index (χ4v) is 3.24. The van der Waals surface area contributed by atoms with Crippen LogP contribution >= 0.6 is 0 Å². The Morgan fingerprint density at radius 3 is 2.61 bits per heavy atom. The van der Waals surface area contributed by atoms with Gasteiger partial charge >= 0.3 is 0 Å². The number of aromatic nitrogens is 2. The summed E-state index contributed by atoms with van der Waals surface area (Å²) in [7, 11) is 0. The van der Waals surface area contributed by atoms with Crippen LogP contribution in [-0.2, 0) is 17.8 Å². The third-order valence-corrected chi connectivity index (χ3v) is 4.49. The largest absolute Gasteiger partial charge is 0.388 e. The van der Waals surface area contributed by atoms with Crippen LogP contribution in [0.3, 0.4) is 0 Å². The van der Waals surface area contributed by atoms with Gasteiger partial charge in [0, 0.05) is 25.0 Å². The minimum Gasteiger partial charge on any atom is -0.388 e. The van der Waals surface area contributed by atoms with Gasteiger partial charge in [0.1, 0.15) is 0 Å². The molecule has 0 bridgehead atoms. The monoisotopic (exact) mass is 313 g/mol. The minimum atomic E-state index is -0.738. The summed E-state index contributed by atoms with van der Waals surface area (Å²) in [6.07, 6.45) is 5.54. The summed E-state index contributed by atoms with van der Waals surface area (Å²) in [5, 5.41) is 17.4. The maximum Gasteiger partial charge on any atom is 0.228 e. The van der Waals surface area contributed by atoms with E-state index in [2.05, 4.69) is 10.2 Å². The van der Waals surface area contributed by atoms with Gasteiger partial charge in [-0.2, -0.15) is 5.10 Å². The van der Waals surface area contributed by atoms with Crippen LogP contribution in [0.4, 0.5) is 0 Å². The molecular formula is C18H23N3O2. The summed E-state index contributed by atoms with van der Waals surface area (Å²) < 4.78 is 0. The molecule has 5 heteroatoms. The van der Waals surface area contributed by atoms with Gasteiger partial charge in [0.15, 0.2) is 0 Å². The second kappa shape index (κ2) is 6.96. The van der Waals surface area contributed by atoms with Crippen LogP contribution in [0.15, 0.2) is 42.6 Å². The van der Waals surface area contributed by atoms with Crippen molar-refractivity contribution in [3.63, 3.8) is 0 Å². The number of amides is 1. The van der Waals surface area contributed by atoms with E-state index in [9.17, 15) is 9.90 Å². The number of nitrogens with zero attached hydrogens (tertiary/aromatic N) is 2. The highest BCUT2D eigenvalue weighted by molar-refractivity contribution is 5.78. The second-order valence-corrected chi connectivity index (χ2v) is 6.43. The van der Waals surface area contributed by atoms with Crippen molar-refractivity contribution in [1.82, 2.24) is 15.1 Å². The highest BCUT2D eigenvalue weighted by Crippen LogP contribution is 2.30. The first kappa shape index (κ1) is 15.7. The van der Waals surface area contributed by atoms with Gasteiger partial charge in [0.2, 0.25) is 5.91 Å². The quantitative estimate of drug-likeness (QED) is 0.859. The SMILES string of the molecule is O=C(Cc1ccn[nH]1)N(Cc1ccccc1)CC1(O)CCCC1. The number of aromatic amines is 1. The standard InChI is InChI=1S/C18H23N3O2/c22-17(12-16-8-11-19-20-16)21(13-15-6-2-1-3-7-15)14-18(23)9-4-5-10-18/h1-3,6-8,11,23H,4-5,9-10,12-14H2,(H,19,20). The van der Waals surface area contributed by atoms with E-state index in [-0.39, 0.29) is 12.3 Å². The Balaban J connectivity index is 1.73. The molecule has 1 fully saturated rings. The summed E-state index contributed by atoms with van der Waals surface area (Å²) in [5.41, 5.74) is 1.14. The van der Waals surface area contributed by atoms with Crippen molar-refractivity contribution in [3.8, 4) is 0 Å². The molecular weight excluding hydrogens is 290 g/mol. The molecule has 122 valence electrons. The van der Waals surface area contributed by atoms with Crippen LogP contribution in [0.5, 0.6) is 0 Å². The van der Waals surface area contributed by atoms with Crippen LogP contribution in [0.2, 0.25) is 0 Å². The lowest BCUT2D eigenvalue weighted by Crippen LogP contribution is -2.44. The molecule has 1 saturated carbocycles. The van der Waals surface area contributed by atoms with Gasteiger partial charge in [-0.15, -0.1) is 0 Å². The maximum atomic E-state index is 12.7. The van der Waals surface area contributed by atoms with E-state index in [1.165, 1.54) is 0 Å². The number of carbonyl (C=O) groups excluding carboxylic acids is 1. The number of H-pyrrole nitrogens is 1. The summed E-state index contributed by atoms with van der Waals surface area (Å²) in [5.74, 6) is 0.0124. The minimum absolute atomic E-state index is 0.0124. The van der Waals surface area contributed by atoms with E-state index in [1.54, 1.807) is 11.1 Å². The molecule has 1 aromatic heterocycles. The van der Waals surface area contributed by atoms with E-state index in [0.29, 0.717) is 13.1 Å². The smallest absolute Gasteiger partial charge is 0.228 e. The molecule has 0 aliphatic heterocycles. The Kier molecular flexibility index (Phi) is 4.76. The number of hydrogen-bond donors (Lipinski definition) is 2. The van der Waals surface area contributed by atoms with Gasteiger partial charge in [-0.3, -0.25) is 9.89 Å². The molecule has 1 aromatic carbocycles. The molecule has 1 amide bonds. The van der Waals surface area contributed by atoms with Gasteiger partial charge in [0.25, 0.3) is 0 Å². The fraction of sp³-hybridized carbons (Fsp3) is 0.444. The molecule has 0 radical (unpaired) electrons. The molecule has 0 unspecified atom stereocenters. The van der Waals surface area contributed by atoms with Crippen molar-refractivity contribution >= 4 is 5.91 Å². The average molecular weight is 313 g/mol. The molecule has 2 N–H and O–H groups in total. The van der Waals surface area contributed by atoms with E-state index < -0.39 is 5.60 Å². The molecule has 0 spiro atoms. The van der Waals surface area contributed by atoms with Gasteiger partial charge in [-0.25, -0.2) is 0 Å². The number of nitrogens with one attached hydrogen (secondary N) is 1. The first-order valence-corrected chi connectivity index (χ1v) is 8.17. The van der Waals surface area contributed by atoms with Crippen molar-refractivity contribution in [2.24, 2.45) is 0 Å². The number of benzene rings is 1. The van der Waals surface area contributed by atoms with Crippen LogP contribution in [0.1, 0.15) is 36.9 Å². The van der Waals surface area contributed by atoms with E-state index in [0.717, 1.165) is 36.9 Å². The number of aliphatic hydroxyl groups is 1. The first-order valence-electron chi connectivity index (χ1n) is 8.17. The third-order valence-electron chi connectivity index (χ3n) is 4.49. The Labute approximate surface area is 136 Å². The van der Waals surface area contributed by atoms with Gasteiger partial charge < -0.3 is 10.0 Å². The summed E-state index contributed by atoms with van der Waals surface area (Å²) in [4.78, 5) is 14.5. The summed E-state index contributed by atoms with van der Waals surface area (Å²) in [6, 6.07) is 11.7. The molecule has 2 aromatic rings. The number of carbonyl (C=O) groups is 1. The zero-order valence-corrected chi connectivity index (χ0v) is 13.2. The number of rotatable bonds is 6. The average Bonchev–Trinajstić information content (AvgIpc) is 3.20. The fourth-order valence-electron chi connectivity index (χ4n) is 3.24. The lowest BCUT2D eigenvalue weighted by Gasteiger charge is -2.31. The predicted molar refractivity (Wildman–Crippen MR) is 87.6 cm³/mol. The first-order chi connectivity index (χ1) is 11.1. The lowest BCUT2D eigenvalue weighted by molar-refractivity contribution is -0.135. The zero-order chi connectivity index (χ0) is 16.1. The predicted octanol–water partition coefficient (Wildman–Crippen LogP) is 2.29. The Hall–Kier alpha value is -2.14. The third kappa shape index (κ3) is 4.20. The van der Waals surface area contributed by atoms with Gasteiger partial charge in [0.05, 0.1) is 12.0 Å². The van der Waals surface area contributed by atoms with Gasteiger partial charge in [-0.1, -0.05) is 43.2 Å². The Morgan fingerprint density at radius 2 is 1.96 bits per heavy atom. The summed E-state index contributed by atoms with van der Waals surface area (Å²) in [6.45, 7) is 0.922. The van der Waals surface area contributed by atoms with Crippen molar-refractivity contribution in [2.45, 2.75) is 44.2 Å². The van der Waals surface area contributed by atoms with Crippen LogP contribution in [0.25, 0.3) is 0 Å². The highest BCUT2D eigenvalue weighted by atomic mass is 16.3. The summed E-state index contributed by atoms with van der Waals surface area (Å²) >= 11 is 0. The number of hydrogen-bond acceptors (Lipinski definition) is 3. The van der Waals surface area contributed by atoms with Crippen molar-refractivity contribution in [2.75, 3.05) is 6.54 Å². The van der Waals surface area contributed by atoms with E-state index >= 15 is 0 Å². The van der Waals surface area contributed by atoms with Crippen molar-refractivity contribution in [1.29, 1.82) is 0 Å². The molecule has 0 saturated heterocycles. The maximum absolute atomic E-state index is 12.7. The van der Waals surface area contributed by atoms with Gasteiger partial charge in [-0.05, 0) is 24.5 Å². The zero-order valence-electron chi connectivity index (χ0n) is 13.2. The molecule has 1 aliphatic rings. The van der Waals surface area contributed by atoms with Crippen LogP contribution < -0.4 is 0 Å². The lowest BCUT2D eigenvalue weighted by atomic mass is 10.0. The van der Waals surface area contributed by atoms with Crippen molar-refractivity contribution < 1.29 is 9.90 Å².